The highest BCUT2D eigenvalue weighted by Gasteiger charge is 2.25. The molecule has 1 atom stereocenters. The Morgan fingerprint density at radius 1 is 1.16 bits per heavy atom. The lowest BCUT2D eigenvalue weighted by Crippen LogP contribution is -2.41. The van der Waals surface area contributed by atoms with Crippen LogP contribution in [0.2, 0.25) is 0 Å². The van der Waals surface area contributed by atoms with Crippen molar-refractivity contribution in [1.29, 1.82) is 0 Å². The number of carbonyl (C=O) groups is 1. The van der Waals surface area contributed by atoms with Crippen molar-refractivity contribution in [3.8, 4) is 5.75 Å². The topological polar surface area (TPSA) is 84.5 Å². The molecule has 0 spiro atoms. The molecule has 8 heteroatoms. The van der Waals surface area contributed by atoms with E-state index < -0.39 is 22.0 Å². The summed E-state index contributed by atoms with van der Waals surface area (Å²) in [5.74, 6) is -0.222. The van der Waals surface area contributed by atoms with Gasteiger partial charge in [-0.15, -0.1) is 0 Å². The van der Waals surface area contributed by atoms with E-state index in [1.54, 1.807) is 31.2 Å². The summed E-state index contributed by atoms with van der Waals surface area (Å²) in [6.07, 6.45) is 0. The molecule has 0 bridgehead atoms. The zero-order valence-electron chi connectivity index (χ0n) is 14.0. The monoisotopic (exact) mass is 474 g/mol. The van der Waals surface area contributed by atoms with E-state index >= 15 is 0 Å². The van der Waals surface area contributed by atoms with Gasteiger partial charge in [-0.25, -0.2) is 8.42 Å². The minimum absolute atomic E-state index is 0.00362. The number of carbonyl (C=O) groups excluding carboxylic acids is 1. The zero-order valence-corrected chi connectivity index (χ0v) is 17.0. The third-order valence-corrected chi connectivity index (χ3v) is 5.73. The van der Waals surface area contributed by atoms with E-state index in [-0.39, 0.29) is 10.6 Å². The van der Waals surface area contributed by atoms with Gasteiger partial charge in [-0.3, -0.25) is 4.79 Å². The Hall–Kier alpha value is -1.65. The first-order chi connectivity index (χ1) is 11.7. The Bertz CT molecular complexity index is 867. The van der Waals surface area contributed by atoms with Gasteiger partial charge in [-0.2, -0.15) is 4.72 Å². The number of hydrogen-bond acceptors (Lipinski definition) is 4. The number of nitrogens with one attached hydrogen (secondary N) is 2. The Labute approximate surface area is 161 Å². The van der Waals surface area contributed by atoms with Crippen LogP contribution in [0.15, 0.2) is 47.4 Å². The van der Waals surface area contributed by atoms with Gasteiger partial charge in [0.25, 0.3) is 0 Å². The van der Waals surface area contributed by atoms with Gasteiger partial charge in [0, 0.05) is 9.26 Å². The number of amides is 1. The summed E-state index contributed by atoms with van der Waals surface area (Å²) in [6, 6.07) is 11.1. The van der Waals surface area contributed by atoms with Crippen molar-refractivity contribution in [2.24, 2.45) is 0 Å². The molecule has 2 aromatic carbocycles. The van der Waals surface area contributed by atoms with Crippen molar-refractivity contribution in [1.82, 2.24) is 4.72 Å². The highest BCUT2D eigenvalue weighted by Crippen LogP contribution is 2.24. The maximum Gasteiger partial charge on any atom is 0.244 e. The third-order valence-electron chi connectivity index (χ3n) is 3.45. The molecule has 0 fully saturated rings. The van der Waals surface area contributed by atoms with E-state index in [4.69, 9.17) is 4.74 Å². The molecule has 0 saturated heterocycles. The molecule has 0 saturated carbocycles. The molecule has 0 aromatic heterocycles. The molecular weight excluding hydrogens is 455 g/mol. The van der Waals surface area contributed by atoms with Crippen LogP contribution < -0.4 is 14.8 Å². The van der Waals surface area contributed by atoms with Gasteiger partial charge in [0.1, 0.15) is 10.6 Å². The summed E-state index contributed by atoms with van der Waals surface area (Å²) in [7, 11) is -2.51. The number of aryl methyl sites for hydroxylation is 1. The van der Waals surface area contributed by atoms with E-state index in [0.717, 1.165) is 9.13 Å². The van der Waals surface area contributed by atoms with Gasteiger partial charge in [-0.05, 0) is 78.4 Å². The van der Waals surface area contributed by atoms with Crippen molar-refractivity contribution in [2.75, 3.05) is 12.4 Å². The van der Waals surface area contributed by atoms with Gasteiger partial charge >= 0.3 is 0 Å². The normalized spacial score (nSPS) is 12.5. The summed E-state index contributed by atoms with van der Waals surface area (Å²) in [6.45, 7) is 3.27. The first kappa shape index (κ1) is 19.7. The van der Waals surface area contributed by atoms with Crippen molar-refractivity contribution in [3.63, 3.8) is 0 Å². The number of ether oxygens (including phenoxy) is 1. The standard InChI is InChI=1S/C17H19IN2O4S/c1-11-4-9-15(24-3)16(10-11)25(22,23)20-12(2)17(21)19-14-7-5-13(18)6-8-14/h4-10,12,20H,1-3H3,(H,19,21)/t12-/m1/s1. The maximum atomic E-state index is 12.6. The van der Waals surface area contributed by atoms with Crippen LogP contribution in [0.3, 0.4) is 0 Å². The molecule has 2 N–H and O–H groups in total. The smallest absolute Gasteiger partial charge is 0.244 e. The summed E-state index contributed by atoms with van der Waals surface area (Å²) in [4.78, 5) is 12.3. The molecule has 134 valence electrons. The number of anilines is 1. The summed E-state index contributed by atoms with van der Waals surface area (Å²) in [5.41, 5.74) is 1.38. The van der Waals surface area contributed by atoms with E-state index in [2.05, 4.69) is 32.6 Å². The molecule has 0 radical (unpaired) electrons. The summed E-state index contributed by atoms with van der Waals surface area (Å²) in [5, 5.41) is 2.68. The Morgan fingerprint density at radius 2 is 1.80 bits per heavy atom. The van der Waals surface area contributed by atoms with Crippen LogP contribution in [0.4, 0.5) is 5.69 Å². The lowest BCUT2D eigenvalue weighted by atomic mass is 10.2. The third kappa shape index (κ3) is 5.16. The molecule has 0 unspecified atom stereocenters. The van der Waals surface area contributed by atoms with Crippen molar-refractivity contribution in [2.45, 2.75) is 24.8 Å². The van der Waals surface area contributed by atoms with Gasteiger partial charge in [0.15, 0.2) is 0 Å². The van der Waals surface area contributed by atoms with E-state index in [9.17, 15) is 13.2 Å². The summed E-state index contributed by atoms with van der Waals surface area (Å²) >= 11 is 2.16. The highest BCUT2D eigenvalue weighted by atomic mass is 127. The lowest BCUT2D eigenvalue weighted by Gasteiger charge is -2.16. The predicted octanol–water partition coefficient (Wildman–Crippen LogP) is 2.91. The molecule has 0 heterocycles. The quantitative estimate of drug-likeness (QED) is 0.631. The number of hydrogen-bond donors (Lipinski definition) is 2. The molecular formula is C17H19IN2O4S. The van der Waals surface area contributed by atoms with E-state index in [1.807, 2.05) is 12.1 Å². The second-order valence-corrected chi connectivity index (χ2v) is 8.42. The predicted molar refractivity (Wildman–Crippen MR) is 105 cm³/mol. The Balaban J connectivity index is 2.15. The number of halogens is 1. The fourth-order valence-corrected chi connectivity index (χ4v) is 3.94. The molecule has 0 aliphatic rings. The van der Waals surface area contributed by atoms with Crippen LogP contribution in [0.25, 0.3) is 0 Å². The second kappa shape index (κ2) is 8.15. The Kier molecular flexibility index (Phi) is 6.42. The molecule has 1 amide bonds. The average Bonchev–Trinajstić information content (AvgIpc) is 2.56. The zero-order chi connectivity index (χ0) is 18.6. The number of methoxy groups -OCH3 is 1. The highest BCUT2D eigenvalue weighted by molar-refractivity contribution is 14.1. The van der Waals surface area contributed by atoms with Crippen molar-refractivity contribution in [3.05, 3.63) is 51.6 Å². The maximum absolute atomic E-state index is 12.6. The number of benzene rings is 2. The molecule has 0 aliphatic carbocycles. The largest absolute Gasteiger partial charge is 0.495 e. The Morgan fingerprint density at radius 3 is 2.40 bits per heavy atom. The first-order valence-corrected chi connectivity index (χ1v) is 10.0. The minimum Gasteiger partial charge on any atom is -0.495 e. The van der Waals surface area contributed by atoms with E-state index in [0.29, 0.717) is 5.69 Å². The molecule has 0 aliphatic heterocycles. The van der Waals surface area contributed by atoms with Gasteiger partial charge in [-0.1, -0.05) is 6.07 Å². The van der Waals surface area contributed by atoms with Crippen LogP contribution >= 0.6 is 22.6 Å². The number of sulfonamides is 1. The first-order valence-electron chi connectivity index (χ1n) is 7.46. The van der Waals surface area contributed by atoms with Crippen LogP contribution in [0.1, 0.15) is 12.5 Å². The SMILES string of the molecule is COc1ccc(C)cc1S(=O)(=O)N[C@H](C)C(=O)Nc1ccc(I)cc1. The molecule has 2 rings (SSSR count). The molecule has 2 aromatic rings. The fourth-order valence-electron chi connectivity index (χ4n) is 2.13. The minimum atomic E-state index is -3.91. The fraction of sp³-hybridized carbons (Fsp3) is 0.235. The van der Waals surface area contributed by atoms with E-state index in [1.165, 1.54) is 20.1 Å². The average molecular weight is 474 g/mol. The second-order valence-electron chi connectivity index (χ2n) is 5.49. The van der Waals surface area contributed by atoms with Crippen LogP contribution in [-0.4, -0.2) is 27.5 Å². The summed E-state index contributed by atoms with van der Waals surface area (Å²) < 4.78 is 33.7. The van der Waals surface area contributed by atoms with Gasteiger partial charge in [0.2, 0.25) is 15.9 Å². The van der Waals surface area contributed by atoms with Crippen LogP contribution in [0, 0.1) is 10.5 Å². The van der Waals surface area contributed by atoms with Crippen molar-refractivity contribution >= 4 is 44.2 Å². The lowest BCUT2D eigenvalue weighted by molar-refractivity contribution is -0.117. The molecule has 25 heavy (non-hydrogen) atoms. The molecule has 6 nitrogen and oxygen atoms in total. The van der Waals surface area contributed by atoms with Crippen LogP contribution in [-0.2, 0) is 14.8 Å². The van der Waals surface area contributed by atoms with Gasteiger partial charge < -0.3 is 10.1 Å². The van der Waals surface area contributed by atoms with Gasteiger partial charge in [0.05, 0.1) is 13.2 Å². The van der Waals surface area contributed by atoms with Crippen LogP contribution in [0.5, 0.6) is 5.75 Å². The van der Waals surface area contributed by atoms with Crippen molar-refractivity contribution < 1.29 is 17.9 Å². The number of rotatable bonds is 6.